The molecule has 1 heterocycles. The summed E-state index contributed by atoms with van der Waals surface area (Å²) in [6.45, 7) is 6.02. The van der Waals surface area contributed by atoms with E-state index < -0.39 is 0 Å². The van der Waals surface area contributed by atoms with Gasteiger partial charge in [-0.05, 0) is 89.4 Å². The molecule has 7 heteroatoms. The molecule has 0 aliphatic carbocycles. The smallest absolute Gasteiger partial charge is 0.264 e. The van der Waals surface area contributed by atoms with Crippen LogP contribution in [-0.4, -0.2) is 17.2 Å². The lowest BCUT2D eigenvalue weighted by atomic mass is 10.2. The Morgan fingerprint density at radius 3 is 2.86 bits per heavy atom. The molecule has 1 N–H and O–H groups in total. The quantitative estimate of drug-likeness (QED) is 0.499. The number of nitrogens with one attached hydrogen (secondary N) is 1. The molecule has 28 heavy (non-hydrogen) atoms. The predicted molar refractivity (Wildman–Crippen MR) is 122 cm³/mol. The van der Waals surface area contributed by atoms with Crippen LogP contribution in [0.4, 0.5) is 5.69 Å². The summed E-state index contributed by atoms with van der Waals surface area (Å²) in [5.41, 5.74) is 2.52. The Morgan fingerprint density at radius 2 is 2.14 bits per heavy atom. The number of thioether (sulfide) groups is 1. The van der Waals surface area contributed by atoms with Gasteiger partial charge in [-0.15, -0.1) is 0 Å². The van der Waals surface area contributed by atoms with Crippen LogP contribution in [0.5, 0.6) is 5.75 Å². The summed E-state index contributed by atoms with van der Waals surface area (Å²) in [6.07, 6.45) is 2.92. The molecule has 1 aliphatic rings. The summed E-state index contributed by atoms with van der Waals surface area (Å²) in [6, 6.07) is 11.3. The standard InChI is InChI=1S/C21H20BrClN2O2S/c1-4-12(2)27-18-9-8-14(10-15(18)22)11-19-20(26)25-21(28-19)24-17-7-5-6-16(23)13(17)3/h5-12H,4H2,1-3H3,(H,24,25,26)/b19-11+/t12-/m0/s1. The average molecular weight is 480 g/mol. The van der Waals surface area contributed by atoms with Crippen LogP contribution < -0.4 is 10.1 Å². The van der Waals surface area contributed by atoms with Crippen molar-refractivity contribution in [1.82, 2.24) is 5.32 Å². The third-order valence-electron chi connectivity index (χ3n) is 4.27. The van der Waals surface area contributed by atoms with E-state index in [0.29, 0.717) is 15.1 Å². The molecule has 2 aromatic rings. The van der Waals surface area contributed by atoms with Crippen LogP contribution in [-0.2, 0) is 4.79 Å². The lowest BCUT2D eigenvalue weighted by Crippen LogP contribution is -2.19. The molecule has 4 nitrogen and oxygen atoms in total. The number of carbonyl (C=O) groups excluding carboxylic acids is 1. The van der Waals surface area contributed by atoms with Gasteiger partial charge in [0.1, 0.15) is 5.75 Å². The highest BCUT2D eigenvalue weighted by atomic mass is 79.9. The van der Waals surface area contributed by atoms with E-state index in [0.717, 1.165) is 33.5 Å². The molecule has 0 radical (unpaired) electrons. The number of ether oxygens (including phenoxy) is 1. The molecule has 1 fully saturated rings. The van der Waals surface area contributed by atoms with Crippen molar-refractivity contribution >= 4 is 62.1 Å². The van der Waals surface area contributed by atoms with Crippen LogP contribution in [0.2, 0.25) is 5.02 Å². The average Bonchev–Trinajstić information content (AvgIpc) is 3.00. The van der Waals surface area contributed by atoms with Crippen molar-refractivity contribution in [1.29, 1.82) is 0 Å². The molecule has 1 atom stereocenters. The van der Waals surface area contributed by atoms with Gasteiger partial charge in [0, 0.05) is 5.02 Å². The molecule has 1 aliphatic heterocycles. The van der Waals surface area contributed by atoms with Crippen molar-refractivity contribution < 1.29 is 9.53 Å². The number of hydrogen-bond donors (Lipinski definition) is 1. The lowest BCUT2D eigenvalue weighted by Gasteiger charge is -2.14. The number of amides is 1. The fourth-order valence-electron chi connectivity index (χ4n) is 2.46. The molecule has 146 valence electrons. The Kier molecular flexibility index (Phi) is 6.86. The van der Waals surface area contributed by atoms with E-state index in [1.165, 1.54) is 11.8 Å². The van der Waals surface area contributed by atoms with Crippen LogP contribution in [0.25, 0.3) is 6.08 Å². The van der Waals surface area contributed by atoms with Gasteiger partial charge < -0.3 is 10.1 Å². The first-order valence-electron chi connectivity index (χ1n) is 8.88. The zero-order valence-electron chi connectivity index (χ0n) is 15.8. The van der Waals surface area contributed by atoms with E-state index in [1.807, 2.05) is 56.3 Å². The van der Waals surface area contributed by atoms with Gasteiger partial charge >= 0.3 is 0 Å². The summed E-state index contributed by atoms with van der Waals surface area (Å²) in [5.74, 6) is 0.623. The maximum Gasteiger partial charge on any atom is 0.264 e. The van der Waals surface area contributed by atoms with E-state index >= 15 is 0 Å². The highest BCUT2D eigenvalue weighted by molar-refractivity contribution is 9.10. The van der Waals surface area contributed by atoms with Gasteiger partial charge in [0.05, 0.1) is 21.2 Å². The van der Waals surface area contributed by atoms with Crippen LogP contribution in [0.3, 0.4) is 0 Å². The fourth-order valence-corrected chi connectivity index (χ4v) is 3.96. The molecular formula is C21H20BrClN2O2S. The summed E-state index contributed by atoms with van der Waals surface area (Å²) < 4.78 is 6.72. The number of benzene rings is 2. The SMILES string of the molecule is CC[C@H](C)Oc1ccc(/C=C2/SC(=Nc3cccc(Cl)c3C)NC2=O)cc1Br. The number of halogens is 2. The molecule has 3 rings (SSSR count). The Hall–Kier alpha value is -1.76. The number of aliphatic imine (C=N–C) groups is 1. The van der Waals surface area contributed by atoms with Gasteiger partial charge in [-0.1, -0.05) is 30.7 Å². The Bertz CT molecular complexity index is 975. The van der Waals surface area contributed by atoms with Crippen molar-refractivity contribution in [3.8, 4) is 5.75 Å². The first-order valence-corrected chi connectivity index (χ1v) is 10.9. The van der Waals surface area contributed by atoms with E-state index in [-0.39, 0.29) is 12.0 Å². The van der Waals surface area contributed by atoms with Crippen molar-refractivity contribution in [2.24, 2.45) is 4.99 Å². The monoisotopic (exact) mass is 478 g/mol. The zero-order valence-corrected chi connectivity index (χ0v) is 18.9. The Labute approximate surface area is 182 Å². The van der Waals surface area contributed by atoms with Crippen molar-refractivity contribution in [3.05, 3.63) is 61.9 Å². The molecule has 0 spiro atoms. The molecule has 0 aromatic heterocycles. The largest absolute Gasteiger partial charge is 0.490 e. The molecule has 1 saturated heterocycles. The number of rotatable bonds is 5. The maximum atomic E-state index is 12.3. The summed E-state index contributed by atoms with van der Waals surface area (Å²) >= 11 is 11.0. The molecule has 0 saturated carbocycles. The lowest BCUT2D eigenvalue weighted by molar-refractivity contribution is -0.115. The zero-order chi connectivity index (χ0) is 20.3. The first kappa shape index (κ1) is 21.0. The van der Waals surface area contributed by atoms with Crippen LogP contribution in [0.15, 0.2) is 50.8 Å². The maximum absolute atomic E-state index is 12.3. The summed E-state index contributed by atoms with van der Waals surface area (Å²) in [4.78, 5) is 17.4. The third-order valence-corrected chi connectivity index (χ3v) is 6.21. The molecule has 0 unspecified atom stereocenters. The predicted octanol–water partition coefficient (Wildman–Crippen LogP) is 6.48. The van der Waals surface area contributed by atoms with Gasteiger partial charge in [0.25, 0.3) is 5.91 Å². The first-order chi connectivity index (χ1) is 13.4. The number of hydrogen-bond acceptors (Lipinski definition) is 4. The van der Waals surface area contributed by atoms with Gasteiger partial charge in [0.2, 0.25) is 0 Å². The molecule has 0 bridgehead atoms. The van der Waals surface area contributed by atoms with Crippen molar-refractivity contribution in [2.45, 2.75) is 33.3 Å². The van der Waals surface area contributed by atoms with Crippen molar-refractivity contribution in [3.63, 3.8) is 0 Å². The number of amidine groups is 1. The minimum Gasteiger partial charge on any atom is -0.490 e. The molecule has 1 amide bonds. The minimum atomic E-state index is -0.167. The minimum absolute atomic E-state index is 0.144. The van der Waals surface area contributed by atoms with E-state index in [4.69, 9.17) is 16.3 Å². The third kappa shape index (κ3) is 4.99. The fraction of sp³-hybridized carbons (Fsp3) is 0.238. The van der Waals surface area contributed by atoms with Gasteiger partial charge in [-0.2, -0.15) is 0 Å². The normalized spacial score (nSPS) is 17.8. The van der Waals surface area contributed by atoms with Crippen LogP contribution in [0.1, 0.15) is 31.4 Å². The van der Waals surface area contributed by atoms with Gasteiger partial charge in [-0.25, -0.2) is 4.99 Å². The number of carbonyl (C=O) groups is 1. The summed E-state index contributed by atoms with van der Waals surface area (Å²) in [5, 5.41) is 3.99. The van der Waals surface area contributed by atoms with Crippen LogP contribution in [0, 0.1) is 6.92 Å². The Balaban J connectivity index is 1.80. The van der Waals surface area contributed by atoms with E-state index in [1.54, 1.807) is 0 Å². The van der Waals surface area contributed by atoms with E-state index in [9.17, 15) is 4.79 Å². The van der Waals surface area contributed by atoms with Crippen LogP contribution >= 0.6 is 39.3 Å². The highest BCUT2D eigenvalue weighted by Crippen LogP contribution is 2.33. The second-order valence-corrected chi connectivity index (χ2v) is 8.68. The second kappa shape index (κ2) is 9.16. The Morgan fingerprint density at radius 1 is 1.36 bits per heavy atom. The number of nitrogens with zero attached hydrogens (tertiary/aromatic N) is 1. The molecule has 2 aromatic carbocycles. The van der Waals surface area contributed by atoms with Gasteiger partial charge in [-0.3, -0.25) is 4.79 Å². The molecular weight excluding hydrogens is 460 g/mol. The van der Waals surface area contributed by atoms with E-state index in [2.05, 4.69) is 33.2 Å². The van der Waals surface area contributed by atoms with Crippen molar-refractivity contribution in [2.75, 3.05) is 0 Å². The topological polar surface area (TPSA) is 50.7 Å². The second-order valence-electron chi connectivity index (χ2n) is 6.39. The highest BCUT2D eigenvalue weighted by Gasteiger charge is 2.24. The van der Waals surface area contributed by atoms with Gasteiger partial charge in [0.15, 0.2) is 5.17 Å². The summed E-state index contributed by atoms with van der Waals surface area (Å²) in [7, 11) is 0.